The molecule has 0 atom stereocenters. The fourth-order valence-corrected chi connectivity index (χ4v) is 2.98. The van der Waals surface area contributed by atoms with Crippen LogP contribution in [0.4, 0.5) is 15.8 Å². The van der Waals surface area contributed by atoms with Crippen molar-refractivity contribution in [3.05, 3.63) is 47.5 Å². The van der Waals surface area contributed by atoms with Crippen molar-refractivity contribution in [3.8, 4) is 0 Å². The molecule has 0 spiro atoms. The summed E-state index contributed by atoms with van der Waals surface area (Å²) in [6, 6.07) is 4.91. The van der Waals surface area contributed by atoms with Crippen molar-refractivity contribution in [3.63, 3.8) is 0 Å². The van der Waals surface area contributed by atoms with Gasteiger partial charge < -0.3 is 5.73 Å². The molecule has 0 aliphatic rings. The zero-order valence-corrected chi connectivity index (χ0v) is 11.0. The van der Waals surface area contributed by atoms with Crippen LogP contribution in [0.3, 0.4) is 0 Å². The molecule has 0 aliphatic heterocycles. The van der Waals surface area contributed by atoms with Crippen LogP contribution in [-0.4, -0.2) is 13.4 Å². The van der Waals surface area contributed by atoms with Crippen LogP contribution in [0.2, 0.25) is 5.02 Å². The fourth-order valence-electron chi connectivity index (χ4n) is 1.38. The van der Waals surface area contributed by atoms with E-state index in [0.29, 0.717) is 0 Å². The minimum Gasteiger partial charge on any atom is -0.396 e. The lowest BCUT2D eigenvalue weighted by Crippen LogP contribution is -2.14. The van der Waals surface area contributed by atoms with Crippen molar-refractivity contribution < 1.29 is 12.8 Å². The van der Waals surface area contributed by atoms with Crippen molar-refractivity contribution >= 4 is 33.0 Å². The van der Waals surface area contributed by atoms with Gasteiger partial charge in [0.15, 0.2) is 0 Å². The largest absolute Gasteiger partial charge is 0.396 e. The molecule has 0 unspecified atom stereocenters. The maximum Gasteiger partial charge on any atom is 0.263 e. The number of aromatic nitrogens is 1. The molecule has 0 radical (unpaired) electrons. The Balaban J connectivity index is 2.43. The number of nitrogens with two attached hydrogens (primary N) is 1. The van der Waals surface area contributed by atoms with Crippen molar-refractivity contribution in [2.45, 2.75) is 4.90 Å². The van der Waals surface area contributed by atoms with Gasteiger partial charge in [-0.2, -0.15) is 0 Å². The molecule has 0 aliphatic carbocycles. The van der Waals surface area contributed by atoms with Gasteiger partial charge in [0, 0.05) is 6.20 Å². The molecule has 0 saturated carbocycles. The predicted octanol–water partition coefficient (Wildman–Crippen LogP) is 2.26. The van der Waals surface area contributed by atoms with Gasteiger partial charge in [0.1, 0.15) is 10.7 Å². The zero-order chi connectivity index (χ0) is 14.0. The van der Waals surface area contributed by atoms with Crippen LogP contribution in [0.5, 0.6) is 0 Å². The van der Waals surface area contributed by atoms with E-state index in [1.54, 1.807) is 6.07 Å². The quantitative estimate of drug-likeness (QED) is 0.852. The van der Waals surface area contributed by atoms with E-state index in [2.05, 4.69) is 9.71 Å². The number of nitrogen functional groups attached to an aromatic ring is 1. The Morgan fingerprint density at radius 1 is 1.37 bits per heavy atom. The predicted molar refractivity (Wildman–Crippen MR) is 70.9 cm³/mol. The number of hydrogen-bond acceptors (Lipinski definition) is 4. The highest BCUT2D eigenvalue weighted by Crippen LogP contribution is 2.27. The molecule has 100 valence electrons. The molecule has 1 heterocycles. The van der Waals surface area contributed by atoms with Crippen LogP contribution in [0.15, 0.2) is 41.6 Å². The van der Waals surface area contributed by atoms with Crippen LogP contribution in [-0.2, 0) is 10.0 Å². The molecule has 1 aromatic heterocycles. The number of pyridine rings is 1. The molecule has 5 nitrogen and oxygen atoms in total. The second-order valence-electron chi connectivity index (χ2n) is 3.65. The number of halogens is 2. The van der Waals surface area contributed by atoms with Gasteiger partial charge in [-0.3, -0.25) is 9.71 Å². The Morgan fingerprint density at radius 3 is 2.74 bits per heavy atom. The van der Waals surface area contributed by atoms with Gasteiger partial charge in [-0.1, -0.05) is 11.6 Å². The van der Waals surface area contributed by atoms with Crippen molar-refractivity contribution in [2.24, 2.45) is 0 Å². The van der Waals surface area contributed by atoms with Gasteiger partial charge in [0.05, 0.1) is 22.6 Å². The molecule has 2 aromatic rings. The Labute approximate surface area is 114 Å². The Kier molecular flexibility index (Phi) is 3.59. The number of nitrogens with zero attached hydrogens (tertiary/aromatic N) is 1. The monoisotopic (exact) mass is 301 g/mol. The van der Waals surface area contributed by atoms with E-state index < -0.39 is 15.8 Å². The molecule has 0 bridgehead atoms. The number of rotatable bonds is 3. The lowest BCUT2D eigenvalue weighted by Gasteiger charge is -2.10. The first kappa shape index (κ1) is 13.6. The topological polar surface area (TPSA) is 85.1 Å². The third-order valence-corrected chi connectivity index (χ3v) is 4.10. The van der Waals surface area contributed by atoms with Gasteiger partial charge in [0.25, 0.3) is 10.0 Å². The molecule has 8 heteroatoms. The van der Waals surface area contributed by atoms with Gasteiger partial charge in [-0.15, -0.1) is 0 Å². The summed E-state index contributed by atoms with van der Waals surface area (Å²) in [7, 11) is -3.95. The Morgan fingerprint density at radius 2 is 2.11 bits per heavy atom. The fraction of sp³-hybridized carbons (Fsp3) is 0. The molecular formula is C11H9ClFN3O2S. The number of hydrogen-bond donors (Lipinski definition) is 2. The minimum atomic E-state index is -3.95. The maximum absolute atomic E-state index is 13.1. The van der Waals surface area contributed by atoms with E-state index in [-0.39, 0.29) is 21.3 Å². The summed E-state index contributed by atoms with van der Waals surface area (Å²) in [6.45, 7) is 0. The SMILES string of the molecule is Nc1cc(S(=O)(=O)Nc2cccnc2)c(Cl)cc1F. The Hall–Kier alpha value is -1.86. The normalized spacial score (nSPS) is 11.3. The van der Waals surface area contributed by atoms with Gasteiger partial charge in [-0.05, 0) is 24.3 Å². The van der Waals surface area contributed by atoms with Crippen LogP contribution >= 0.6 is 11.6 Å². The van der Waals surface area contributed by atoms with Crippen LogP contribution in [0.25, 0.3) is 0 Å². The summed E-state index contributed by atoms with van der Waals surface area (Å²) < 4.78 is 39.6. The van der Waals surface area contributed by atoms with Crippen molar-refractivity contribution in [2.75, 3.05) is 10.5 Å². The zero-order valence-electron chi connectivity index (χ0n) is 9.47. The lowest BCUT2D eigenvalue weighted by atomic mass is 10.3. The average Bonchev–Trinajstić information content (AvgIpc) is 2.34. The summed E-state index contributed by atoms with van der Waals surface area (Å²) in [6.07, 6.45) is 2.83. The second kappa shape index (κ2) is 5.02. The number of benzene rings is 1. The first-order valence-corrected chi connectivity index (χ1v) is 6.93. The second-order valence-corrected chi connectivity index (χ2v) is 5.71. The van der Waals surface area contributed by atoms with Crippen molar-refractivity contribution in [1.29, 1.82) is 0 Å². The van der Waals surface area contributed by atoms with Gasteiger partial charge in [0.2, 0.25) is 0 Å². The number of anilines is 2. The maximum atomic E-state index is 13.1. The first-order valence-electron chi connectivity index (χ1n) is 5.07. The highest BCUT2D eigenvalue weighted by atomic mass is 35.5. The third kappa shape index (κ3) is 2.94. The molecule has 3 N–H and O–H groups in total. The molecule has 2 rings (SSSR count). The molecule has 0 fully saturated rings. The standard InChI is InChI=1S/C11H9ClFN3O2S/c12-8-4-9(13)10(14)5-11(8)19(17,18)16-7-2-1-3-15-6-7/h1-6,16H,14H2. The van der Waals surface area contributed by atoms with Crippen molar-refractivity contribution in [1.82, 2.24) is 4.98 Å². The van der Waals surface area contributed by atoms with E-state index in [1.165, 1.54) is 18.5 Å². The van der Waals surface area contributed by atoms with Crippen LogP contribution in [0.1, 0.15) is 0 Å². The average molecular weight is 302 g/mol. The number of sulfonamides is 1. The minimum absolute atomic E-state index is 0.247. The first-order chi connectivity index (χ1) is 8.90. The molecule has 0 saturated heterocycles. The third-order valence-electron chi connectivity index (χ3n) is 2.25. The molecule has 0 amide bonds. The van der Waals surface area contributed by atoms with Crippen LogP contribution < -0.4 is 10.5 Å². The molecular weight excluding hydrogens is 293 g/mol. The van der Waals surface area contributed by atoms with E-state index in [0.717, 1.165) is 12.1 Å². The van der Waals surface area contributed by atoms with E-state index >= 15 is 0 Å². The summed E-state index contributed by atoms with van der Waals surface area (Å²) in [5.74, 6) is -0.773. The lowest BCUT2D eigenvalue weighted by molar-refractivity contribution is 0.600. The van der Waals surface area contributed by atoms with Gasteiger partial charge in [-0.25, -0.2) is 12.8 Å². The molecule has 1 aromatic carbocycles. The summed E-state index contributed by atoms with van der Waals surface area (Å²) in [4.78, 5) is 3.48. The smallest absolute Gasteiger partial charge is 0.263 e. The highest BCUT2D eigenvalue weighted by molar-refractivity contribution is 7.92. The summed E-state index contributed by atoms with van der Waals surface area (Å²) >= 11 is 5.72. The highest BCUT2D eigenvalue weighted by Gasteiger charge is 2.20. The van der Waals surface area contributed by atoms with Crippen LogP contribution in [0, 0.1) is 5.82 Å². The van der Waals surface area contributed by atoms with E-state index in [4.69, 9.17) is 17.3 Å². The van der Waals surface area contributed by atoms with E-state index in [9.17, 15) is 12.8 Å². The summed E-state index contributed by atoms with van der Waals surface area (Å²) in [5, 5.41) is -0.247. The van der Waals surface area contributed by atoms with Gasteiger partial charge >= 0.3 is 0 Å². The Bertz CT molecular complexity index is 707. The van der Waals surface area contributed by atoms with E-state index in [1.807, 2.05) is 0 Å². The number of nitrogens with one attached hydrogen (secondary N) is 1. The molecule has 19 heavy (non-hydrogen) atoms. The summed E-state index contributed by atoms with van der Waals surface area (Å²) in [5.41, 5.74) is 5.31.